The van der Waals surface area contributed by atoms with Crippen LogP contribution >= 0.6 is 0 Å². The lowest BCUT2D eigenvalue weighted by Crippen LogP contribution is -2.37. The number of rotatable bonds is 5. The Morgan fingerprint density at radius 2 is 1.94 bits per heavy atom. The van der Waals surface area contributed by atoms with Crippen molar-refractivity contribution in [2.75, 3.05) is 40.0 Å². The molecule has 8 heteroatoms. The Kier molecular flexibility index (Phi) is 6.12. The molecule has 1 aliphatic heterocycles. The van der Waals surface area contributed by atoms with Crippen LogP contribution in [0.3, 0.4) is 0 Å². The lowest BCUT2D eigenvalue weighted by molar-refractivity contribution is -0.384. The van der Waals surface area contributed by atoms with Gasteiger partial charge in [0.25, 0.3) is 5.69 Å². The fraction of sp³-hybridized carbons (Fsp3) is 0.375. The zero-order chi connectivity index (χ0) is 22.8. The van der Waals surface area contributed by atoms with Gasteiger partial charge in [-0.2, -0.15) is 5.26 Å². The summed E-state index contributed by atoms with van der Waals surface area (Å²) in [5.41, 5.74) is 4.26. The van der Waals surface area contributed by atoms with Crippen molar-refractivity contribution < 1.29 is 14.4 Å². The standard InChI is InChI=1S/C24H26N4O4/c1-16-22-20(9-6-18(24(16)31-3)15-27-10-12-32-13-11-27)21(14-25)23(26(22)2)17-4-7-19(8-5-17)28(29)30/h4-5,7-9H,6,10-13,15H2,1-3H3. The van der Waals surface area contributed by atoms with Gasteiger partial charge in [-0.25, -0.2) is 0 Å². The molecule has 4 rings (SSSR count). The van der Waals surface area contributed by atoms with Crippen LogP contribution in [0.1, 0.15) is 18.9 Å². The number of hydrogen-bond donors (Lipinski definition) is 0. The van der Waals surface area contributed by atoms with Crippen LogP contribution in [-0.4, -0.2) is 54.3 Å². The molecule has 0 unspecified atom stereocenters. The van der Waals surface area contributed by atoms with Gasteiger partial charge in [-0.05, 0) is 31.1 Å². The van der Waals surface area contributed by atoms with Crippen molar-refractivity contribution in [1.29, 1.82) is 5.26 Å². The number of nitro benzene ring substituents is 1. The number of allylic oxidation sites excluding steroid dienone is 1. The lowest BCUT2D eigenvalue weighted by atomic mass is 10.1. The van der Waals surface area contributed by atoms with Gasteiger partial charge in [0.15, 0.2) is 0 Å². The van der Waals surface area contributed by atoms with E-state index in [2.05, 4.69) is 17.0 Å². The van der Waals surface area contributed by atoms with E-state index in [1.807, 2.05) is 18.5 Å². The number of ether oxygens (including phenoxy) is 2. The largest absolute Gasteiger partial charge is 0.496 e. The van der Waals surface area contributed by atoms with Gasteiger partial charge in [0.05, 0.1) is 41.9 Å². The maximum atomic E-state index is 11.0. The minimum Gasteiger partial charge on any atom is -0.496 e. The number of non-ortho nitro benzene ring substituents is 1. The van der Waals surface area contributed by atoms with Crippen LogP contribution in [0.25, 0.3) is 22.9 Å². The van der Waals surface area contributed by atoms with E-state index in [1.165, 1.54) is 17.7 Å². The molecule has 1 aliphatic carbocycles. The van der Waals surface area contributed by atoms with Crippen LogP contribution in [0.5, 0.6) is 0 Å². The molecule has 0 N–H and O–H groups in total. The molecule has 32 heavy (non-hydrogen) atoms. The van der Waals surface area contributed by atoms with E-state index < -0.39 is 4.92 Å². The van der Waals surface area contributed by atoms with Gasteiger partial charge in [0.2, 0.25) is 0 Å². The fourth-order valence-electron chi connectivity index (χ4n) is 4.70. The average Bonchev–Trinajstić information content (AvgIpc) is 3.01. The number of morpholine rings is 1. The summed E-state index contributed by atoms with van der Waals surface area (Å²) in [6.45, 7) is 6.07. The number of nitro groups is 1. The van der Waals surface area contributed by atoms with Gasteiger partial charge in [0.1, 0.15) is 11.8 Å². The maximum Gasteiger partial charge on any atom is 0.269 e. The predicted molar refractivity (Wildman–Crippen MR) is 121 cm³/mol. The number of methoxy groups -OCH3 is 1. The summed E-state index contributed by atoms with van der Waals surface area (Å²) in [6.07, 6.45) is 2.79. The van der Waals surface area contributed by atoms with Gasteiger partial charge < -0.3 is 14.0 Å². The van der Waals surface area contributed by atoms with E-state index >= 15 is 0 Å². The van der Waals surface area contributed by atoms with Crippen molar-refractivity contribution in [3.8, 4) is 17.3 Å². The Balaban J connectivity index is 1.87. The zero-order valence-corrected chi connectivity index (χ0v) is 18.6. The van der Waals surface area contributed by atoms with Crippen LogP contribution in [0, 0.1) is 21.4 Å². The first-order valence-corrected chi connectivity index (χ1v) is 10.6. The molecule has 0 saturated carbocycles. The Labute approximate surface area is 186 Å². The van der Waals surface area contributed by atoms with E-state index in [-0.39, 0.29) is 5.69 Å². The van der Waals surface area contributed by atoms with Crippen LogP contribution in [0.15, 0.2) is 35.6 Å². The van der Waals surface area contributed by atoms with Crippen molar-refractivity contribution in [1.82, 2.24) is 9.47 Å². The van der Waals surface area contributed by atoms with Gasteiger partial charge in [-0.1, -0.05) is 6.08 Å². The minimum atomic E-state index is -0.424. The van der Waals surface area contributed by atoms with Crippen molar-refractivity contribution >= 4 is 17.3 Å². The van der Waals surface area contributed by atoms with E-state index in [9.17, 15) is 15.4 Å². The van der Waals surface area contributed by atoms with E-state index in [0.29, 0.717) is 12.0 Å². The second-order valence-electron chi connectivity index (χ2n) is 8.02. The number of nitrogens with zero attached hydrogens (tertiary/aromatic N) is 4. The second-order valence-corrected chi connectivity index (χ2v) is 8.02. The Morgan fingerprint density at radius 1 is 1.25 bits per heavy atom. The van der Waals surface area contributed by atoms with Crippen molar-refractivity contribution in [3.63, 3.8) is 0 Å². The van der Waals surface area contributed by atoms with Crippen molar-refractivity contribution in [3.05, 3.63) is 61.8 Å². The summed E-state index contributed by atoms with van der Waals surface area (Å²) < 4.78 is 13.3. The number of nitriles is 1. The smallest absolute Gasteiger partial charge is 0.269 e. The molecule has 0 spiro atoms. The monoisotopic (exact) mass is 434 g/mol. The average molecular weight is 434 g/mol. The fourth-order valence-corrected chi connectivity index (χ4v) is 4.70. The van der Waals surface area contributed by atoms with Crippen molar-refractivity contribution in [2.24, 2.45) is 7.05 Å². The van der Waals surface area contributed by atoms with E-state index in [4.69, 9.17) is 9.47 Å². The highest BCUT2D eigenvalue weighted by Gasteiger charge is 2.23. The second kappa shape index (κ2) is 8.99. The third kappa shape index (κ3) is 3.81. The van der Waals surface area contributed by atoms with Crippen LogP contribution < -0.4 is 10.6 Å². The zero-order valence-electron chi connectivity index (χ0n) is 18.6. The topological polar surface area (TPSA) is 93.6 Å². The molecular formula is C24H26N4O4. The Bertz CT molecular complexity index is 1240. The third-order valence-corrected chi connectivity index (χ3v) is 6.19. The van der Waals surface area contributed by atoms with Crippen LogP contribution in [-0.2, 0) is 16.5 Å². The number of fused-ring (bicyclic) bond motifs is 1. The molecule has 0 amide bonds. The van der Waals surface area contributed by atoms with E-state index in [0.717, 1.165) is 66.0 Å². The van der Waals surface area contributed by atoms with Crippen LogP contribution in [0.4, 0.5) is 5.69 Å². The molecule has 8 nitrogen and oxygen atoms in total. The number of hydrogen-bond acceptors (Lipinski definition) is 6. The molecular weight excluding hydrogens is 408 g/mol. The molecule has 0 atom stereocenters. The lowest BCUT2D eigenvalue weighted by Gasteiger charge is -2.28. The van der Waals surface area contributed by atoms with Gasteiger partial charge in [-0.3, -0.25) is 15.0 Å². The molecule has 1 aromatic carbocycles. The highest BCUT2D eigenvalue weighted by Crippen LogP contribution is 2.26. The van der Waals surface area contributed by atoms with E-state index in [1.54, 1.807) is 19.2 Å². The molecule has 1 fully saturated rings. The summed E-state index contributed by atoms with van der Waals surface area (Å²) in [6, 6.07) is 8.70. The van der Waals surface area contributed by atoms with Crippen molar-refractivity contribution in [2.45, 2.75) is 13.3 Å². The quantitative estimate of drug-likeness (QED) is 0.528. The highest BCUT2D eigenvalue weighted by atomic mass is 16.6. The molecule has 2 aliphatic rings. The SMILES string of the molecule is COC1=C(CN2CCOCC2)CC=c2c(C#N)c(-c3ccc([N+](=O)[O-])cc3)n(C)c2=C1C. The number of benzene rings is 1. The molecule has 2 heterocycles. The summed E-state index contributed by atoms with van der Waals surface area (Å²) in [4.78, 5) is 13.0. The van der Waals surface area contributed by atoms with Gasteiger partial charge in [-0.15, -0.1) is 0 Å². The van der Waals surface area contributed by atoms with Gasteiger partial charge in [0, 0.05) is 55.2 Å². The highest BCUT2D eigenvalue weighted by molar-refractivity contribution is 5.73. The first-order chi connectivity index (χ1) is 15.5. The molecule has 1 aromatic heterocycles. The summed E-state index contributed by atoms with van der Waals surface area (Å²) in [7, 11) is 3.61. The summed E-state index contributed by atoms with van der Waals surface area (Å²) in [5, 5.41) is 22.9. The molecule has 166 valence electrons. The first kappa shape index (κ1) is 21.8. The molecule has 2 aromatic rings. The minimum absolute atomic E-state index is 0.0229. The summed E-state index contributed by atoms with van der Waals surface area (Å²) >= 11 is 0. The normalized spacial score (nSPS) is 16.8. The molecule has 0 bridgehead atoms. The first-order valence-electron chi connectivity index (χ1n) is 10.6. The third-order valence-electron chi connectivity index (χ3n) is 6.19. The van der Waals surface area contributed by atoms with Crippen LogP contribution in [0.2, 0.25) is 0 Å². The Hall–Kier alpha value is -3.41. The number of aromatic nitrogens is 1. The Morgan fingerprint density at radius 3 is 2.53 bits per heavy atom. The molecule has 0 radical (unpaired) electrons. The maximum absolute atomic E-state index is 11.0. The predicted octanol–water partition coefficient (Wildman–Crippen LogP) is 2.06. The summed E-state index contributed by atoms with van der Waals surface area (Å²) in [5.74, 6) is 0.854. The van der Waals surface area contributed by atoms with Gasteiger partial charge >= 0.3 is 0 Å². The molecule has 1 saturated heterocycles.